The molecule has 2 bridgehead atoms. The molecule has 0 radical (unpaired) electrons. The number of fused-ring (bicyclic) bond motifs is 2. The number of hydrogen-bond acceptors (Lipinski definition) is 1. The van der Waals surface area contributed by atoms with Gasteiger partial charge in [0, 0.05) is 5.54 Å². The Labute approximate surface area is 89.7 Å². The second-order valence-corrected chi connectivity index (χ2v) is 4.91. The number of nitrogens with one attached hydrogen (secondary N) is 1. The maximum absolute atomic E-state index is 12.9. The van der Waals surface area contributed by atoms with E-state index in [2.05, 4.69) is 5.32 Å². The van der Waals surface area contributed by atoms with Crippen molar-refractivity contribution in [3.63, 3.8) is 0 Å². The van der Waals surface area contributed by atoms with Crippen molar-refractivity contribution >= 4 is 0 Å². The van der Waals surface area contributed by atoms with Gasteiger partial charge in [0.25, 0.3) is 0 Å². The fraction of sp³-hybridized carbons (Fsp3) is 0.538. The van der Waals surface area contributed by atoms with E-state index in [1.165, 1.54) is 31.2 Å². The van der Waals surface area contributed by atoms with Gasteiger partial charge in [0.15, 0.2) is 0 Å². The summed E-state index contributed by atoms with van der Waals surface area (Å²) in [5.74, 6) is 0.747. The maximum atomic E-state index is 12.9. The van der Waals surface area contributed by atoms with E-state index in [9.17, 15) is 4.39 Å². The Morgan fingerprint density at radius 2 is 2.00 bits per heavy atom. The molecule has 1 saturated carbocycles. The zero-order chi connectivity index (χ0) is 10.3. The van der Waals surface area contributed by atoms with E-state index in [-0.39, 0.29) is 11.4 Å². The number of rotatable bonds is 1. The predicted molar refractivity (Wildman–Crippen MR) is 58.0 cm³/mol. The molecule has 1 aliphatic heterocycles. The molecular weight excluding hydrogens is 189 g/mol. The van der Waals surface area contributed by atoms with E-state index in [0.717, 1.165) is 12.5 Å². The summed E-state index contributed by atoms with van der Waals surface area (Å²) in [7, 11) is 0. The summed E-state index contributed by atoms with van der Waals surface area (Å²) >= 11 is 0. The summed E-state index contributed by atoms with van der Waals surface area (Å²) in [4.78, 5) is 0. The van der Waals surface area contributed by atoms with Crippen molar-refractivity contribution in [1.82, 2.24) is 5.32 Å². The topological polar surface area (TPSA) is 12.0 Å². The molecule has 1 aliphatic carbocycles. The van der Waals surface area contributed by atoms with Crippen molar-refractivity contribution in [3.05, 3.63) is 35.6 Å². The summed E-state index contributed by atoms with van der Waals surface area (Å²) in [5, 5.41) is 3.64. The quantitative estimate of drug-likeness (QED) is 0.743. The fourth-order valence-corrected chi connectivity index (χ4v) is 3.20. The molecule has 3 rings (SSSR count). The van der Waals surface area contributed by atoms with E-state index in [0.29, 0.717) is 0 Å². The third-order valence-corrected chi connectivity index (χ3v) is 4.03. The largest absolute Gasteiger partial charge is 0.307 e. The van der Waals surface area contributed by atoms with Crippen LogP contribution in [0.15, 0.2) is 24.3 Å². The lowest BCUT2D eigenvalue weighted by molar-refractivity contribution is 0.274. The van der Waals surface area contributed by atoms with Gasteiger partial charge in [0.05, 0.1) is 0 Å². The van der Waals surface area contributed by atoms with E-state index in [1.54, 1.807) is 12.1 Å². The molecule has 2 aliphatic rings. The SMILES string of the molecule is Fc1ccc(C23CCC(CCN2)C3)cc1. The average Bonchev–Trinajstić information content (AvgIpc) is 2.56. The molecule has 2 unspecified atom stereocenters. The Bertz CT molecular complexity index is 355. The molecule has 1 nitrogen and oxygen atoms in total. The molecular formula is C13H16FN. The molecule has 0 spiro atoms. The third-order valence-electron chi connectivity index (χ3n) is 4.03. The van der Waals surface area contributed by atoms with Gasteiger partial charge in [-0.1, -0.05) is 12.1 Å². The van der Waals surface area contributed by atoms with Crippen molar-refractivity contribution in [2.24, 2.45) is 5.92 Å². The van der Waals surface area contributed by atoms with Crippen LogP contribution in [0.25, 0.3) is 0 Å². The molecule has 1 aromatic carbocycles. The van der Waals surface area contributed by atoms with Crippen molar-refractivity contribution in [2.45, 2.75) is 31.2 Å². The minimum absolute atomic E-state index is 0.138. The number of piperidine rings is 1. The Morgan fingerprint density at radius 3 is 2.80 bits per heavy atom. The summed E-state index contributed by atoms with van der Waals surface area (Å²) in [6.45, 7) is 1.11. The van der Waals surface area contributed by atoms with E-state index in [1.807, 2.05) is 12.1 Å². The van der Waals surface area contributed by atoms with E-state index < -0.39 is 0 Å². The standard InChI is InChI=1S/C13H16FN/c14-12-3-1-11(2-4-12)13-7-5-10(9-13)6-8-15-13/h1-4,10,15H,5-9H2. The molecule has 15 heavy (non-hydrogen) atoms. The zero-order valence-electron chi connectivity index (χ0n) is 8.80. The fourth-order valence-electron chi connectivity index (χ4n) is 3.20. The second kappa shape index (κ2) is 3.31. The van der Waals surface area contributed by atoms with E-state index >= 15 is 0 Å². The number of hydrogen-bond donors (Lipinski definition) is 1. The first-order chi connectivity index (χ1) is 7.28. The van der Waals surface area contributed by atoms with Crippen LogP contribution < -0.4 is 5.32 Å². The highest BCUT2D eigenvalue weighted by molar-refractivity contribution is 5.27. The summed E-state index contributed by atoms with van der Waals surface area (Å²) in [5.41, 5.74) is 1.43. The number of halogens is 1. The molecule has 1 saturated heterocycles. The monoisotopic (exact) mass is 205 g/mol. The van der Waals surface area contributed by atoms with Gasteiger partial charge < -0.3 is 5.32 Å². The smallest absolute Gasteiger partial charge is 0.123 e. The van der Waals surface area contributed by atoms with Crippen LogP contribution in [0.3, 0.4) is 0 Å². The summed E-state index contributed by atoms with van der Waals surface area (Å²) in [6, 6.07) is 7.04. The van der Waals surface area contributed by atoms with Gasteiger partial charge in [0.2, 0.25) is 0 Å². The highest BCUT2D eigenvalue weighted by Gasteiger charge is 2.42. The van der Waals surface area contributed by atoms with Crippen molar-refractivity contribution in [1.29, 1.82) is 0 Å². The lowest BCUT2D eigenvalue weighted by Crippen LogP contribution is -2.43. The first kappa shape index (κ1) is 9.34. The normalized spacial score (nSPS) is 34.3. The van der Waals surface area contributed by atoms with Gasteiger partial charge >= 0.3 is 0 Å². The van der Waals surface area contributed by atoms with Crippen molar-refractivity contribution in [3.8, 4) is 0 Å². The molecule has 0 amide bonds. The molecule has 2 atom stereocenters. The highest BCUT2D eigenvalue weighted by Crippen LogP contribution is 2.45. The lowest BCUT2D eigenvalue weighted by atomic mass is 9.84. The highest BCUT2D eigenvalue weighted by atomic mass is 19.1. The van der Waals surface area contributed by atoms with Crippen LogP contribution in [-0.2, 0) is 5.54 Å². The molecule has 80 valence electrons. The Kier molecular flexibility index (Phi) is 2.06. The van der Waals surface area contributed by atoms with Gasteiger partial charge in [-0.2, -0.15) is 0 Å². The number of benzene rings is 1. The second-order valence-electron chi connectivity index (χ2n) is 4.91. The van der Waals surface area contributed by atoms with Crippen molar-refractivity contribution in [2.75, 3.05) is 6.54 Å². The lowest BCUT2D eigenvalue weighted by Gasteiger charge is -2.35. The molecule has 2 heteroatoms. The van der Waals surface area contributed by atoms with Gasteiger partial charge in [-0.15, -0.1) is 0 Å². The Balaban J connectivity index is 1.95. The first-order valence-corrected chi connectivity index (χ1v) is 5.80. The molecule has 0 aromatic heterocycles. The summed E-state index contributed by atoms with van der Waals surface area (Å²) < 4.78 is 12.9. The maximum Gasteiger partial charge on any atom is 0.123 e. The molecule has 2 fully saturated rings. The average molecular weight is 205 g/mol. The Morgan fingerprint density at radius 1 is 1.20 bits per heavy atom. The molecule has 1 N–H and O–H groups in total. The molecule has 1 aromatic rings. The van der Waals surface area contributed by atoms with Gasteiger partial charge in [-0.05, 0) is 55.8 Å². The summed E-state index contributed by atoms with van der Waals surface area (Å²) in [6.07, 6.45) is 5.08. The van der Waals surface area contributed by atoms with Crippen LogP contribution in [0, 0.1) is 11.7 Å². The van der Waals surface area contributed by atoms with Gasteiger partial charge in [-0.3, -0.25) is 0 Å². The van der Waals surface area contributed by atoms with Gasteiger partial charge in [0.1, 0.15) is 5.82 Å². The minimum atomic E-state index is -0.138. The van der Waals surface area contributed by atoms with Crippen molar-refractivity contribution < 1.29 is 4.39 Å². The zero-order valence-corrected chi connectivity index (χ0v) is 8.80. The predicted octanol–water partition coefficient (Wildman–Crippen LogP) is 2.81. The Hall–Kier alpha value is -0.890. The minimum Gasteiger partial charge on any atom is -0.307 e. The van der Waals surface area contributed by atoms with Gasteiger partial charge in [-0.25, -0.2) is 4.39 Å². The van der Waals surface area contributed by atoms with Crippen LogP contribution in [0.1, 0.15) is 31.2 Å². The van der Waals surface area contributed by atoms with Crippen LogP contribution in [0.4, 0.5) is 4.39 Å². The molecule has 1 heterocycles. The van der Waals surface area contributed by atoms with Crippen LogP contribution >= 0.6 is 0 Å². The van der Waals surface area contributed by atoms with E-state index in [4.69, 9.17) is 0 Å². The first-order valence-electron chi connectivity index (χ1n) is 5.80. The third kappa shape index (κ3) is 1.48. The van der Waals surface area contributed by atoms with Crippen LogP contribution in [-0.4, -0.2) is 6.54 Å². The van der Waals surface area contributed by atoms with Crippen LogP contribution in [0.2, 0.25) is 0 Å². The van der Waals surface area contributed by atoms with Crippen LogP contribution in [0.5, 0.6) is 0 Å².